The van der Waals surface area contributed by atoms with Crippen LogP contribution in [-0.2, 0) is 24.5 Å². The van der Waals surface area contributed by atoms with Gasteiger partial charge in [0.1, 0.15) is 11.2 Å². The van der Waals surface area contributed by atoms with E-state index >= 15 is 0 Å². The van der Waals surface area contributed by atoms with E-state index in [0.29, 0.717) is 25.4 Å². The first-order valence-electron chi connectivity index (χ1n) is 11.9. The molecule has 190 valence electrons. The second-order valence-electron chi connectivity index (χ2n) is 9.58. The fraction of sp³-hybridized carbons (Fsp3) is 0.708. The van der Waals surface area contributed by atoms with Crippen molar-refractivity contribution in [1.82, 2.24) is 19.9 Å². The summed E-state index contributed by atoms with van der Waals surface area (Å²) in [5.41, 5.74) is 0.400. The van der Waals surface area contributed by atoms with Gasteiger partial charge in [0.05, 0.1) is 17.3 Å². The standard InChI is InChI=1S/C24H37ClN4O5/c1-7-32-20(33-8-2)18-13-16-14-26-21(25)28-19(16)29(18)24(11-9-17(31-6)10-12-24)15-27-22(30)34-23(3,4)5/h13-14,17,20H,7-12,15H2,1-6H3,(H,27,30). The van der Waals surface area contributed by atoms with Crippen molar-refractivity contribution in [2.45, 2.75) is 83.8 Å². The molecule has 0 saturated heterocycles. The van der Waals surface area contributed by atoms with Crippen molar-refractivity contribution in [2.75, 3.05) is 26.9 Å². The molecule has 0 aliphatic heterocycles. The van der Waals surface area contributed by atoms with Crippen LogP contribution in [0.15, 0.2) is 12.3 Å². The molecule has 1 fully saturated rings. The Morgan fingerprint density at radius 2 is 1.91 bits per heavy atom. The van der Waals surface area contributed by atoms with Gasteiger partial charge in [-0.2, -0.15) is 4.98 Å². The minimum atomic E-state index is -0.596. The molecule has 2 heterocycles. The lowest BCUT2D eigenvalue weighted by molar-refractivity contribution is -0.146. The van der Waals surface area contributed by atoms with Crippen LogP contribution in [-0.4, -0.2) is 59.2 Å². The number of nitrogens with zero attached hydrogens (tertiary/aromatic N) is 3. The summed E-state index contributed by atoms with van der Waals surface area (Å²) in [7, 11) is 1.74. The first-order valence-corrected chi connectivity index (χ1v) is 12.3. The number of halogens is 1. The molecule has 1 N–H and O–H groups in total. The smallest absolute Gasteiger partial charge is 0.407 e. The molecular formula is C24H37ClN4O5. The van der Waals surface area contributed by atoms with E-state index < -0.39 is 23.5 Å². The number of rotatable bonds is 9. The van der Waals surface area contributed by atoms with Gasteiger partial charge in [-0.1, -0.05) is 0 Å². The van der Waals surface area contributed by atoms with Gasteiger partial charge < -0.3 is 28.8 Å². The average Bonchev–Trinajstić information content (AvgIpc) is 3.16. The molecule has 2 aromatic rings. The van der Waals surface area contributed by atoms with Gasteiger partial charge in [0, 0.05) is 38.5 Å². The Bertz CT molecular complexity index is 960. The first-order chi connectivity index (χ1) is 16.1. The van der Waals surface area contributed by atoms with Crippen molar-refractivity contribution < 1.29 is 23.7 Å². The summed E-state index contributed by atoms with van der Waals surface area (Å²) in [6.07, 6.45) is 3.98. The maximum atomic E-state index is 12.6. The monoisotopic (exact) mass is 496 g/mol. The molecular weight excluding hydrogens is 460 g/mol. The maximum absolute atomic E-state index is 12.6. The number of aromatic nitrogens is 3. The molecule has 1 saturated carbocycles. The lowest BCUT2D eigenvalue weighted by atomic mass is 9.79. The molecule has 0 radical (unpaired) electrons. The molecule has 0 atom stereocenters. The van der Waals surface area contributed by atoms with Crippen molar-refractivity contribution >= 4 is 28.7 Å². The number of carbonyl (C=O) groups is 1. The second-order valence-corrected chi connectivity index (χ2v) is 9.92. The number of fused-ring (bicyclic) bond motifs is 1. The summed E-state index contributed by atoms with van der Waals surface area (Å²) in [5, 5.41) is 3.98. The fourth-order valence-corrected chi connectivity index (χ4v) is 4.71. The molecule has 10 heteroatoms. The van der Waals surface area contributed by atoms with Crippen molar-refractivity contribution in [3.05, 3.63) is 23.2 Å². The van der Waals surface area contributed by atoms with Crippen LogP contribution in [0.2, 0.25) is 5.28 Å². The van der Waals surface area contributed by atoms with Gasteiger partial charge >= 0.3 is 6.09 Å². The molecule has 1 aliphatic carbocycles. The minimum Gasteiger partial charge on any atom is -0.444 e. The average molecular weight is 497 g/mol. The lowest BCUT2D eigenvalue weighted by Crippen LogP contribution is -2.50. The highest BCUT2D eigenvalue weighted by atomic mass is 35.5. The molecule has 0 bridgehead atoms. The summed E-state index contributed by atoms with van der Waals surface area (Å²) in [4.78, 5) is 21.4. The van der Waals surface area contributed by atoms with Crippen LogP contribution in [0.25, 0.3) is 11.0 Å². The van der Waals surface area contributed by atoms with Crippen molar-refractivity contribution in [3.8, 4) is 0 Å². The molecule has 3 rings (SSSR count). The first kappa shape index (κ1) is 26.7. The Hall–Kier alpha value is -1.94. The number of amides is 1. The summed E-state index contributed by atoms with van der Waals surface area (Å²) < 4.78 is 25.2. The summed E-state index contributed by atoms with van der Waals surface area (Å²) in [6, 6.07) is 1.99. The van der Waals surface area contributed by atoms with Gasteiger partial charge in [-0.25, -0.2) is 9.78 Å². The van der Waals surface area contributed by atoms with Crippen LogP contribution in [0.3, 0.4) is 0 Å². The molecule has 1 aliphatic rings. The van der Waals surface area contributed by atoms with Crippen LogP contribution in [0.1, 0.15) is 72.3 Å². The normalized spacial score (nSPS) is 21.2. The number of hydrogen-bond acceptors (Lipinski definition) is 7. The molecule has 0 unspecified atom stereocenters. The number of nitrogens with one attached hydrogen (secondary N) is 1. The SMILES string of the molecule is CCOC(OCC)c1cc2cnc(Cl)nc2n1C1(CNC(=O)OC(C)(C)C)CCC(OC)CC1. The number of hydrogen-bond donors (Lipinski definition) is 1. The van der Waals surface area contributed by atoms with Crippen molar-refractivity contribution in [2.24, 2.45) is 0 Å². The van der Waals surface area contributed by atoms with Crippen LogP contribution in [0.4, 0.5) is 4.79 Å². The lowest BCUT2D eigenvalue weighted by Gasteiger charge is -2.43. The summed E-state index contributed by atoms with van der Waals surface area (Å²) >= 11 is 6.22. The van der Waals surface area contributed by atoms with Gasteiger partial charge in [-0.15, -0.1) is 0 Å². The molecule has 0 aromatic carbocycles. The van der Waals surface area contributed by atoms with Gasteiger partial charge in [0.25, 0.3) is 0 Å². The number of ether oxygens (including phenoxy) is 4. The highest BCUT2D eigenvalue weighted by Crippen LogP contribution is 2.41. The van der Waals surface area contributed by atoms with E-state index in [1.165, 1.54) is 0 Å². The molecule has 9 nitrogen and oxygen atoms in total. The Balaban J connectivity index is 2.10. The third-order valence-electron chi connectivity index (χ3n) is 6.05. The predicted molar refractivity (Wildman–Crippen MR) is 130 cm³/mol. The van der Waals surface area contributed by atoms with Crippen molar-refractivity contribution in [3.63, 3.8) is 0 Å². The third kappa shape index (κ3) is 6.19. The van der Waals surface area contributed by atoms with Gasteiger partial charge in [0.15, 0.2) is 6.29 Å². The third-order valence-corrected chi connectivity index (χ3v) is 6.23. The zero-order valence-electron chi connectivity index (χ0n) is 21.0. The Labute approximate surface area is 206 Å². The zero-order chi connectivity index (χ0) is 24.9. The largest absolute Gasteiger partial charge is 0.444 e. The minimum absolute atomic E-state index is 0.156. The van der Waals surface area contributed by atoms with Gasteiger partial charge in [0.2, 0.25) is 5.28 Å². The number of alkyl carbamates (subject to hydrolysis) is 1. The Kier molecular flexibility index (Phi) is 8.78. The molecule has 34 heavy (non-hydrogen) atoms. The van der Waals surface area contributed by atoms with Gasteiger partial charge in [-0.3, -0.25) is 0 Å². The van der Waals surface area contributed by atoms with Crippen LogP contribution in [0.5, 0.6) is 0 Å². The highest BCUT2D eigenvalue weighted by molar-refractivity contribution is 6.28. The van der Waals surface area contributed by atoms with E-state index in [9.17, 15) is 4.79 Å². The maximum Gasteiger partial charge on any atom is 0.407 e. The second kappa shape index (κ2) is 11.2. The van der Waals surface area contributed by atoms with E-state index in [0.717, 1.165) is 36.8 Å². The van der Waals surface area contributed by atoms with E-state index in [1.807, 2.05) is 40.7 Å². The van der Waals surface area contributed by atoms with Crippen molar-refractivity contribution in [1.29, 1.82) is 0 Å². The molecule has 1 amide bonds. The Morgan fingerprint density at radius 3 is 2.47 bits per heavy atom. The number of carbonyl (C=O) groups excluding carboxylic acids is 1. The summed E-state index contributed by atoms with van der Waals surface area (Å²) in [6.45, 7) is 10.7. The van der Waals surface area contributed by atoms with E-state index in [-0.39, 0.29) is 11.4 Å². The highest BCUT2D eigenvalue weighted by Gasteiger charge is 2.41. The zero-order valence-corrected chi connectivity index (χ0v) is 21.8. The van der Waals surface area contributed by atoms with Crippen LogP contribution >= 0.6 is 11.6 Å². The van der Waals surface area contributed by atoms with Crippen LogP contribution in [0, 0.1) is 0 Å². The number of methoxy groups -OCH3 is 1. The molecule has 0 spiro atoms. The predicted octanol–water partition coefficient (Wildman–Crippen LogP) is 4.97. The van der Waals surface area contributed by atoms with E-state index in [4.69, 9.17) is 30.5 Å². The fourth-order valence-electron chi connectivity index (χ4n) is 4.58. The van der Waals surface area contributed by atoms with Crippen LogP contribution < -0.4 is 5.32 Å². The van der Waals surface area contributed by atoms with Gasteiger partial charge in [-0.05, 0) is 78.0 Å². The van der Waals surface area contributed by atoms with E-state index in [2.05, 4.69) is 19.9 Å². The van der Waals surface area contributed by atoms with E-state index in [1.54, 1.807) is 13.3 Å². The summed E-state index contributed by atoms with van der Waals surface area (Å²) in [5.74, 6) is 0. The quantitative estimate of drug-likeness (QED) is 0.387. The Morgan fingerprint density at radius 1 is 1.26 bits per heavy atom. The topological polar surface area (TPSA) is 96.7 Å². The molecule has 2 aromatic heterocycles.